The van der Waals surface area contributed by atoms with Crippen LogP contribution in [0.4, 0.5) is 0 Å². The van der Waals surface area contributed by atoms with Gasteiger partial charge in [0.1, 0.15) is 11.8 Å². The van der Waals surface area contributed by atoms with Crippen LogP contribution in [0.2, 0.25) is 0 Å². The number of hydrogen-bond acceptors (Lipinski definition) is 3. The molecule has 32 heavy (non-hydrogen) atoms. The molecule has 0 saturated carbocycles. The lowest BCUT2D eigenvalue weighted by Crippen LogP contribution is -2.44. The quantitative estimate of drug-likeness (QED) is 0.534. The van der Waals surface area contributed by atoms with Gasteiger partial charge >= 0.3 is 0 Å². The highest BCUT2D eigenvalue weighted by Crippen LogP contribution is 2.26. The van der Waals surface area contributed by atoms with Crippen LogP contribution < -0.4 is 10.1 Å². The Hall–Kier alpha value is -3.60. The molecular weight excluding hydrogens is 400 g/mol. The van der Waals surface area contributed by atoms with E-state index in [4.69, 9.17) is 4.74 Å². The zero-order valence-corrected chi connectivity index (χ0v) is 18.8. The van der Waals surface area contributed by atoms with Gasteiger partial charge in [0.05, 0.1) is 7.11 Å². The van der Waals surface area contributed by atoms with Crippen molar-refractivity contribution in [1.29, 1.82) is 0 Å². The number of benzene rings is 3. The number of amides is 2. The third kappa shape index (κ3) is 5.97. The molecule has 1 atom stereocenters. The van der Waals surface area contributed by atoms with Crippen molar-refractivity contribution in [2.75, 3.05) is 7.11 Å². The first-order chi connectivity index (χ1) is 15.5. The van der Waals surface area contributed by atoms with Crippen LogP contribution in [0.1, 0.15) is 36.6 Å². The van der Waals surface area contributed by atoms with Gasteiger partial charge in [-0.2, -0.15) is 0 Å². The molecular formula is C27H30N2O3. The molecule has 3 rings (SSSR count). The topological polar surface area (TPSA) is 58.6 Å². The van der Waals surface area contributed by atoms with Crippen LogP contribution in [0, 0.1) is 5.92 Å². The molecule has 0 aromatic heterocycles. The molecule has 0 spiro atoms. The van der Waals surface area contributed by atoms with Crippen molar-refractivity contribution in [3.63, 3.8) is 0 Å². The van der Waals surface area contributed by atoms with Gasteiger partial charge in [-0.05, 0) is 28.8 Å². The van der Waals surface area contributed by atoms with Gasteiger partial charge in [0.25, 0.3) is 0 Å². The van der Waals surface area contributed by atoms with E-state index in [2.05, 4.69) is 5.32 Å². The lowest BCUT2D eigenvalue weighted by atomic mass is 10.0. The fraction of sp³-hybridized carbons (Fsp3) is 0.259. The molecule has 166 valence electrons. The van der Waals surface area contributed by atoms with Gasteiger partial charge in [0.15, 0.2) is 0 Å². The number of rotatable bonds is 9. The van der Waals surface area contributed by atoms with Gasteiger partial charge in [0.2, 0.25) is 11.8 Å². The summed E-state index contributed by atoms with van der Waals surface area (Å²) in [5.41, 5.74) is 2.71. The largest absolute Gasteiger partial charge is 0.497 e. The minimum absolute atomic E-state index is 0.0673. The highest BCUT2D eigenvalue weighted by molar-refractivity contribution is 5.89. The molecule has 1 N–H and O–H groups in total. The average Bonchev–Trinajstić information content (AvgIpc) is 2.83. The van der Waals surface area contributed by atoms with Crippen LogP contribution in [0.5, 0.6) is 5.75 Å². The van der Waals surface area contributed by atoms with E-state index in [0.29, 0.717) is 13.1 Å². The Labute approximate surface area is 190 Å². The van der Waals surface area contributed by atoms with E-state index in [0.717, 1.165) is 22.4 Å². The van der Waals surface area contributed by atoms with Crippen LogP contribution in [-0.2, 0) is 22.7 Å². The highest BCUT2D eigenvalue weighted by atomic mass is 16.5. The highest BCUT2D eigenvalue weighted by Gasteiger charge is 2.32. The minimum atomic E-state index is -0.732. The molecule has 0 bridgehead atoms. The first kappa shape index (κ1) is 23.1. The summed E-state index contributed by atoms with van der Waals surface area (Å²) < 4.78 is 5.20. The third-order valence-electron chi connectivity index (χ3n) is 5.27. The summed E-state index contributed by atoms with van der Waals surface area (Å²) in [6.45, 7) is 4.43. The zero-order valence-electron chi connectivity index (χ0n) is 18.8. The smallest absolute Gasteiger partial charge is 0.247 e. The molecule has 1 unspecified atom stereocenters. The van der Waals surface area contributed by atoms with Crippen LogP contribution in [0.15, 0.2) is 84.9 Å². The normalized spacial score (nSPS) is 11.6. The Morgan fingerprint density at radius 3 is 2.00 bits per heavy atom. The van der Waals surface area contributed by atoms with Crippen molar-refractivity contribution in [1.82, 2.24) is 10.2 Å². The summed E-state index contributed by atoms with van der Waals surface area (Å²) in [6.07, 6.45) is 0. The van der Waals surface area contributed by atoms with Gasteiger partial charge in [0, 0.05) is 19.0 Å². The molecule has 3 aromatic carbocycles. The predicted octanol–water partition coefficient (Wildman–Crippen LogP) is 4.74. The molecule has 5 heteroatoms. The number of ether oxygens (including phenoxy) is 1. The summed E-state index contributed by atoms with van der Waals surface area (Å²) in [6, 6.07) is 26.0. The second kappa shape index (κ2) is 11.1. The third-order valence-corrected chi connectivity index (χ3v) is 5.27. The van der Waals surface area contributed by atoms with Crippen molar-refractivity contribution in [2.45, 2.75) is 33.0 Å². The first-order valence-corrected chi connectivity index (χ1v) is 10.8. The van der Waals surface area contributed by atoms with Crippen LogP contribution in [0.25, 0.3) is 0 Å². The minimum Gasteiger partial charge on any atom is -0.497 e. The molecule has 0 aliphatic heterocycles. The van der Waals surface area contributed by atoms with Gasteiger partial charge in [-0.3, -0.25) is 9.59 Å². The summed E-state index contributed by atoms with van der Waals surface area (Å²) in [4.78, 5) is 28.4. The van der Waals surface area contributed by atoms with E-state index in [9.17, 15) is 9.59 Å². The lowest BCUT2D eigenvalue weighted by Gasteiger charge is -2.33. The molecule has 0 aliphatic rings. The number of methoxy groups -OCH3 is 1. The van der Waals surface area contributed by atoms with Gasteiger partial charge in [-0.25, -0.2) is 0 Å². The summed E-state index contributed by atoms with van der Waals surface area (Å²) in [7, 11) is 1.62. The predicted molar refractivity (Wildman–Crippen MR) is 126 cm³/mol. The van der Waals surface area contributed by atoms with Crippen molar-refractivity contribution in [2.24, 2.45) is 5.92 Å². The second-order valence-electron chi connectivity index (χ2n) is 7.99. The molecule has 0 saturated heterocycles. The first-order valence-electron chi connectivity index (χ1n) is 10.8. The maximum absolute atomic E-state index is 13.5. The van der Waals surface area contributed by atoms with E-state index in [1.165, 1.54) is 0 Å². The number of nitrogens with zero attached hydrogens (tertiary/aromatic N) is 1. The number of carbonyl (C=O) groups is 2. The Morgan fingerprint density at radius 2 is 1.44 bits per heavy atom. The molecule has 0 fully saturated rings. The fourth-order valence-corrected chi connectivity index (χ4v) is 3.55. The zero-order chi connectivity index (χ0) is 22.9. The lowest BCUT2D eigenvalue weighted by molar-refractivity contribution is -0.144. The van der Waals surface area contributed by atoms with Crippen molar-refractivity contribution in [3.05, 3.63) is 102 Å². The molecule has 3 aromatic rings. The Bertz CT molecular complexity index is 1000. The Morgan fingerprint density at radius 1 is 0.844 bits per heavy atom. The maximum Gasteiger partial charge on any atom is 0.247 e. The van der Waals surface area contributed by atoms with Crippen LogP contribution in [0.3, 0.4) is 0 Å². The number of nitrogens with one attached hydrogen (secondary N) is 1. The SMILES string of the molecule is COc1ccc(CNC(=O)C(c2ccccc2)N(Cc2ccccc2)C(=O)C(C)C)cc1. The van der Waals surface area contributed by atoms with Crippen LogP contribution >= 0.6 is 0 Å². The summed E-state index contributed by atoms with van der Waals surface area (Å²) >= 11 is 0. The summed E-state index contributed by atoms with van der Waals surface area (Å²) in [5, 5.41) is 3.02. The van der Waals surface area contributed by atoms with Crippen LogP contribution in [-0.4, -0.2) is 23.8 Å². The van der Waals surface area contributed by atoms with Crippen molar-refractivity contribution < 1.29 is 14.3 Å². The standard InChI is InChI=1S/C27H30N2O3/c1-20(2)27(31)29(19-22-10-6-4-7-11-22)25(23-12-8-5-9-13-23)26(30)28-18-21-14-16-24(32-3)17-15-21/h4-17,20,25H,18-19H2,1-3H3,(H,28,30). The monoisotopic (exact) mass is 430 g/mol. The molecule has 2 amide bonds. The fourth-order valence-electron chi connectivity index (χ4n) is 3.55. The molecule has 0 radical (unpaired) electrons. The Balaban J connectivity index is 1.89. The molecule has 0 heterocycles. The van der Waals surface area contributed by atoms with Gasteiger partial charge in [-0.15, -0.1) is 0 Å². The second-order valence-corrected chi connectivity index (χ2v) is 7.99. The van der Waals surface area contributed by atoms with E-state index >= 15 is 0 Å². The average molecular weight is 431 g/mol. The van der Waals surface area contributed by atoms with Gasteiger partial charge in [-0.1, -0.05) is 86.6 Å². The van der Waals surface area contributed by atoms with Gasteiger partial charge < -0.3 is 15.0 Å². The van der Waals surface area contributed by atoms with E-state index in [-0.39, 0.29) is 17.7 Å². The van der Waals surface area contributed by atoms with E-state index in [1.807, 2.05) is 98.8 Å². The van der Waals surface area contributed by atoms with E-state index < -0.39 is 6.04 Å². The Kier molecular flexibility index (Phi) is 8.03. The molecule has 5 nitrogen and oxygen atoms in total. The maximum atomic E-state index is 13.5. The molecule has 0 aliphatic carbocycles. The van der Waals surface area contributed by atoms with Crippen molar-refractivity contribution >= 4 is 11.8 Å². The van der Waals surface area contributed by atoms with Crippen molar-refractivity contribution in [3.8, 4) is 5.75 Å². The number of hydrogen-bond donors (Lipinski definition) is 1. The summed E-state index contributed by atoms with van der Waals surface area (Å²) in [5.74, 6) is 0.248. The van der Waals surface area contributed by atoms with E-state index in [1.54, 1.807) is 12.0 Å². The number of carbonyl (C=O) groups excluding carboxylic acids is 2.